The van der Waals surface area contributed by atoms with Gasteiger partial charge in [-0.2, -0.15) is 0 Å². The van der Waals surface area contributed by atoms with E-state index in [1.54, 1.807) is 17.8 Å². The molecule has 0 bridgehead atoms. The van der Waals surface area contributed by atoms with E-state index in [1.807, 2.05) is 47.9 Å². The molecule has 29 heavy (non-hydrogen) atoms. The number of hydrogen-bond acceptors (Lipinski definition) is 5. The summed E-state index contributed by atoms with van der Waals surface area (Å²) in [4.78, 5) is 12.1. The lowest BCUT2D eigenvalue weighted by Crippen LogP contribution is -2.03. The second-order valence-electron chi connectivity index (χ2n) is 7.44. The second-order valence-corrected chi connectivity index (χ2v) is 8.38. The smallest absolute Gasteiger partial charge is 0.336 e. The maximum absolute atomic E-state index is 12.1. The summed E-state index contributed by atoms with van der Waals surface area (Å²) < 4.78 is 7.50. The van der Waals surface area contributed by atoms with E-state index in [9.17, 15) is 4.79 Å². The van der Waals surface area contributed by atoms with Crippen molar-refractivity contribution in [3.05, 3.63) is 81.5 Å². The van der Waals surface area contributed by atoms with Gasteiger partial charge in [0.1, 0.15) is 11.4 Å². The normalized spacial score (nSPS) is 11.5. The first-order valence-corrected chi connectivity index (χ1v) is 10.6. The Morgan fingerprint density at radius 1 is 1.07 bits per heavy atom. The lowest BCUT2D eigenvalue weighted by Gasteiger charge is -2.13. The first-order chi connectivity index (χ1) is 13.9. The molecule has 0 amide bonds. The van der Waals surface area contributed by atoms with Gasteiger partial charge in [-0.1, -0.05) is 43.8 Å². The van der Waals surface area contributed by atoms with E-state index in [-0.39, 0.29) is 5.63 Å². The maximum atomic E-state index is 12.1. The molecular formula is C23H23N3O2S. The summed E-state index contributed by atoms with van der Waals surface area (Å²) in [6.07, 6.45) is 0. The zero-order chi connectivity index (χ0) is 20.5. The third-order valence-corrected chi connectivity index (χ3v) is 5.98. The van der Waals surface area contributed by atoms with Gasteiger partial charge in [0.2, 0.25) is 0 Å². The maximum Gasteiger partial charge on any atom is 0.336 e. The molecule has 0 spiro atoms. The molecule has 2 aromatic carbocycles. The molecule has 0 fully saturated rings. The van der Waals surface area contributed by atoms with Gasteiger partial charge >= 0.3 is 5.63 Å². The highest BCUT2D eigenvalue weighted by molar-refractivity contribution is 7.98. The van der Waals surface area contributed by atoms with Gasteiger partial charge in [-0.15, -0.1) is 10.2 Å². The van der Waals surface area contributed by atoms with Crippen molar-refractivity contribution in [2.45, 2.75) is 44.5 Å². The Bertz CT molecular complexity index is 1230. The van der Waals surface area contributed by atoms with Crippen molar-refractivity contribution in [1.29, 1.82) is 0 Å². The number of aromatic nitrogens is 3. The number of benzene rings is 2. The van der Waals surface area contributed by atoms with Crippen molar-refractivity contribution >= 4 is 22.7 Å². The Labute approximate surface area is 173 Å². The van der Waals surface area contributed by atoms with Crippen LogP contribution < -0.4 is 5.63 Å². The molecule has 5 nitrogen and oxygen atoms in total. The molecule has 148 valence electrons. The van der Waals surface area contributed by atoms with Crippen LogP contribution in [0.25, 0.3) is 16.7 Å². The summed E-state index contributed by atoms with van der Waals surface area (Å²) in [5.74, 6) is 1.83. The van der Waals surface area contributed by atoms with Crippen LogP contribution >= 0.6 is 11.8 Å². The minimum atomic E-state index is -0.328. The fourth-order valence-electron chi connectivity index (χ4n) is 3.59. The quantitative estimate of drug-likeness (QED) is 0.328. The molecule has 2 aromatic heterocycles. The number of aryl methyl sites for hydroxylation is 2. The zero-order valence-electron chi connectivity index (χ0n) is 17.0. The average molecular weight is 406 g/mol. The third-order valence-electron chi connectivity index (χ3n) is 5.01. The van der Waals surface area contributed by atoms with E-state index < -0.39 is 0 Å². The Kier molecular flexibility index (Phi) is 5.28. The predicted octanol–water partition coefficient (Wildman–Crippen LogP) is 5.41. The molecule has 0 aliphatic heterocycles. The predicted molar refractivity (Wildman–Crippen MR) is 117 cm³/mol. The summed E-state index contributed by atoms with van der Waals surface area (Å²) in [5.41, 5.74) is 4.68. The van der Waals surface area contributed by atoms with Crippen molar-refractivity contribution in [2.75, 3.05) is 0 Å². The highest BCUT2D eigenvalue weighted by Gasteiger charge is 2.15. The van der Waals surface area contributed by atoms with Crippen LogP contribution in [0.4, 0.5) is 0 Å². The lowest BCUT2D eigenvalue weighted by atomic mass is 9.95. The van der Waals surface area contributed by atoms with Crippen molar-refractivity contribution in [3.8, 4) is 5.69 Å². The van der Waals surface area contributed by atoms with Crippen molar-refractivity contribution < 1.29 is 4.42 Å². The molecule has 0 atom stereocenters. The van der Waals surface area contributed by atoms with Crippen LogP contribution in [0.15, 0.2) is 62.9 Å². The van der Waals surface area contributed by atoms with Crippen LogP contribution in [0.1, 0.15) is 42.3 Å². The molecule has 0 N–H and O–H groups in total. The summed E-state index contributed by atoms with van der Waals surface area (Å²) in [6, 6.07) is 15.8. The minimum Gasteiger partial charge on any atom is -0.423 e. The molecule has 0 radical (unpaired) electrons. The highest BCUT2D eigenvalue weighted by Crippen LogP contribution is 2.31. The molecule has 0 unspecified atom stereocenters. The van der Waals surface area contributed by atoms with Gasteiger partial charge in [0, 0.05) is 22.9 Å². The Morgan fingerprint density at radius 3 is 2.55 bits per heavy atom. The van der Waals surface area contributed by atoms with Gasteiger partial charge in [0.15, 0.2) is 5.16 Å². The van der Waals surface area contributed by atoms with Crippen LogP contribution in [-0.2, 0) is 5.75 Å². The highest BCUT2D eigenvalue weighted by atomic mass is 32.2. The van der Waals surface area contributed by atoms with E-state index in [0.717, 1.165) is 33.2 Å². The van der Waals surface area contributed by atoms with Crippen LogP contribution in [0, 0.1) is 13.8 Å². The Morgan fingerprint density at radius 2 is 1.83 bits per heavy atom. The summed E-state index contributed by atoms with van der Waals surface area (Å²) in [7, 11) is 0. The van der Waals surface area contributed by atoms with E-state index >= 15 is 0 Å². The van der Waals surface area contributed by atoms with Crippen LogP contribution in [-0.4, -0.2) is 14.8 Å². The first kappa shape index (κ1) is 19.5. The largest absolute Gasteiger partial charge is 0.423 e. The molecular weight excluding hydrogens is 382 g/mol. The van der Waals surface area contributed by atoms with Gasteiger partial charge in [-0.05, 0) is 60.7 Å². The van der Waals surface area contributed by atoms with Crippen molar-refractivity contribution in [3.63, 3.8) is 0 Å². The lowest BCUT2D eigenvalue weighted by molar-refractivity contribution is 0.559. The fraction of sp³-hybridized carbons (Fsp3) is 0.261. The van der Waals surface area contributed by atoms with Crippen molar-refractivity contribution in [1.82, 2.24) is 14.8 Å². The molecule has 6 heteroatoms. The Hall–Kier alpha value is -2.86. The topological polar surface area (TPSA) is 60.9 Å². The van der Waals surface area contributed by atoms with Gasteiger partial charge in [-0.25, -0.2) is 4.79 Å². The molecule has 0 saturated heterocycles. The first-order valence-electron chi connectivity index (χ1n) is 9.61. The number of hydrogen-bond donors (Lipinski definition) is 0. The number of thioether (sulfide) groups is 1. The van der Waals surface area contributed by atoms with E-state index in [2.05, 4.69) is 37.0 Å². The monoisotopic (exact) mass is 405 g/mol. The molecule has 0 aliphatic rings. The van der Waals surface area contributed by atoms with Crippen molar-refractivity contribution in [2.24, 2.45) is 0 Å². The van der Waals surface area contributed by atoms with Crippen LogP contribution in [0.3, 0.4) is 0 Å². The Balaban J connectivity index is 1.73. The average Bonchev–Trinajstić information content (AvgIpc) is 3.06. The summed E-state index contributed by atoms with van der Waals surface area (Å²) >= 11 is 1.57. The number of rotatable bonds is 5. The van der Waals surface area contributed by atoms with E-state index in [0.29, 0.717) is 17.3 Å². The molecule has 0 saturated carbocycles. The van der Waals surface area contributed by atoms with Gasteiger partial charge < -0.3 is 4.42 Å². The van der Waals surface area contributed by atoms with E-state index in [1.165, 1.54) is 5.56 Å². The SMILES string of the molecule is Cc1cc2oc(=O)cc(CSc3nnc(C)n3-c3ccccc3)c2cc1C(C)C. The second kappa shape index (κ2) is 7.87. The minimum absolute atomic E-state index is 0.328. The van der Waals surface area contributed by atoms with E-state index in [4.69, 9.17) is 4.42 Å². The van der Waals surface area contributed by atoms with Gasteiger partial charge in [-0.3, -0.25) is 4.57 Å². The molecule has 4 aromatic rings. The number of para-hydroxylation sites is 1. The van der Waals surface area contributed by atoms with Gasteiger partial charge in [0.25, 0.3) is 0 Å². The number of fused-ring (bicyclic) bond motifs is 1. The standard InChI is InChI=1S/C23H23N3O2S/c1-14(2)19-12-20-17(11-22(27)28-21(20)10-15(19)3)13-29-23-25-24-16(4)26(23)18-8-6-5-7-9-18/h5-12,14H,13H2,1-4H3. The third kappa shape index (κ3) is 3.85. The molecule has 0 aliphatic carbocycles. The number of nitrogens with zero attached hydrogens (tertiary/aromatic N) is 3. The van der Waals surface area contributed by atoms with Gasteiger partial charge in [0.05, 0.1) is 0 Å². The summed E-state index contributed by atoms with van der Waals surface area (Å²) in [6.45, 7) is 8.34. The zero-order valence-corrected chi connectivity index (χ0v) is 17.8. The summed E-state index contributed by atoms with van der Waals surface area (Å²) in [5, 5.41) is 10.4. The van der Waals surface area contributed by atoms with Crippen LogP contribution in [0.5, 0.6) is 0 Å². The van der Waals surface area contributed by atoms with Crippen LogP contribution in [0.2, 0.25) is 0 Å². The molecule has 2 heterocycles. The fourth-order valence-corrected chi connectivity index (χ4v) is 4.57. The molecule has 4 rings (SSSR count).